The first-order chi connectivity index (χ1) is 10.6. The van der Waals surface area contributed by atoms with Crippen LogP contribution in [0.25, 0.3) is 11.3 Å². The Kier molecular flexibility index (Phi) is 3.85. The minimum atomic E-state index is -0.876. The summed E-state index contributed by atoms with van der Waals surface area (Å²) in [7, 11) is 0. The molecule has 1 amide bonds. The van der Waals surface area contributed by atoms with Crippen molar-refractivity contribution >= 4 is 23.5 Å². The Morgan fingerprint density at radius 3 is 2.68 bits per heavy atom. The molecule has 0 spiro atoms. The van der Waals surface area contributed by atoms with E-state index in [1.54, 1.807) is 24.3 Å². The molecular formula is C15H13ClN2O4. The number of aromatic nitrogens is 1. The summed E-state index contributed by atoms with van der Waals surface area (Å²) in [5, 5.41) is 13.5. The Balaban J connectivity index is 1.84. The Morgan fingerprint density at radius 2 is 2.05 bits per heavy atom. The van der Waals surface area contributed by atoms with Crippen LogP contribution in [0.5, 0.6) is 0 Å². The number of carboxylic acids is 1. The molecule has 1 atom stereocenters. The number of carbonyl (C=O) groups excluding carboxylic acids is 1. The van der Waals surface area contributed by atoms with E-state index in [1.807, 2.05) is 0 Å². The standard InChI is InChI=1S/C15H13ClN2O4/c16-11-3-1-9(2-4-11)13-12(8-22-17-13)14(19)18-6-5-10(7-18)15(20)21/h1-4,8,10H,5-7H2,(H,20,21). The molecule has 1 aromatic heterocycles. The molecule has 2 heterocycles. The smallest absolute Gasteiger partial charge is 0.308 e. The summed E-state index contributed by atoms with van der Waals surface area (Å²) in [5.74, 6) is -1.66. The molecule has 1 aliphatic heterocycles. The van der Waals surface area contributed by atoms with Crippen molar-refractivity contribution in [1.29, 1.82) is 0 Å². The molecule has 1 unspecified atom stereocenters. The Hall–Kier alpha value is -2.34. The Labute approximate surface area is 131 Å². The van der Waals surface area contributed by atoms with Crippen LogP contribution in [-0.4, -0.2) is 40.1 Å². The zero-order valence-electron chi connectivity index (χ0n) is 11.5. The SMILES string of the molecule is O=C(O)C1CCN(C(=O)c2conc2-c2ccc(Cl)cc2)C1. The van der Waals surface area contributed by atoms with E-state index in [-0.39, 0.29) is 12.5 Å². The third-order valence-electron chi connectivity index (χ3n) is 3.74. The number of carboxylic acid groups (broad SMARTS) is 1. The molecule has 0 saturated carbocycles. The molecule has 0 aliphatic carbocycles. The zero-order chi connectivity index (χ0) is 15.7. The molecule has 0 bridgehead atoms. The second-order valence-corrected chi connectivity index (χ2v) is 5.60. The van der Waals surface area contributed by atoms with Gasteiger partial charge in [0.1, 0.15) is 17.5 Å². The van der Waals surface area contributed by atoms with Crippen molar-refractivity contribution in [3.05, 3.63) is 41.1 Å². The van der Waals surface area contributed by atoms with Crippen LogP contribution in [-0.2, 0) is 4.79 Å². The van der Waals surface area contributed by atoms with Gasteiger partial charge >= 0.3 is 5.97 Å². The number of aliphatic carboxylic acids is 1. The van der Waals surface area contributed by atoms with Crippen molar-refractivity contribution in [3.63, 3.8) is 0 Å². The maximum atomic E-state index is 12.5. The van der Waals surface area contributed by atoms with Crippen LogP contribution in [0, 0.1) is 5.92 Å². The van der Waals surface area contributed by atoms with Crippen LogP contribution >= 0.6 is 11.6 Å². The van der Waals surface area contributed by atoms with Gasteiger partial charge in [-0.15, -0.1) is 0 Å². The minimum absolute atomic E-state index is 0.208. The zero-order valence-corrected chi connectivity index (χ0v) is 12.3. The molecule has 2 aromatic rings. The quantitative estimate of drug-likeness (QED) is 0.939. The Bertz CT molecular complexity index is 711. The van der Waals surface area contributed by atoms with Gasteiger partial charge in [0.05, 0.1) is 5.92 Å². The lowest BCUT2D eigenvalue weighted by molar-refractivity contribution is -0.141. The molecule has 114 valence electrons. The number of rotatable bonds is 3. The van der Waals surface area contributed by atoms with Crippen molar-refractivity contribution in [3.8, 4) is 11.3 Å². The van der Waals surface area contributed by atoms with E-state index in [0.717, 1.165) is 5.56 Å². The second-order valence-electron chi connectivity index (χ2n) is 5.16. The van der Waals surface area contributed by atoms with Crippen molar-refractivity contribution < 1.29 is 19.2 Å². The first-order valence-electron chi connectivity index (χ1n) is 6.78. The molecule has 7 heteroatoms. The van der Waals surface area contributed by atoms with Gasteiger partial charge in [-0.25, -0.2) is 0 Å². The highest BCUT2D eigenvalue weighted by Gasteiger charge is 2.33. The van der Waals surface area contributed by atoms with Crippen molar-refractivity contribution in [2.75, 3.05) is 13.1 Å². The van der Waals surface area contributed by atoms with E-state index in [9.17, 15) is 9.59 Å². The predicted octanol–water partition coefficient (Wildman–Crippen LogP) is 2.54. The average molecular weight is 321 g/mol. The maximum absolute atomic E-state index is 12.5. The summed E-state index contributed by atoms with van der Waals surface area (Å²) in [6, 6.07) is 6.91. The number of amides is 1. The molecule has 0 radical (unpaired) electrons. The van der Waals surface area contributed by atoms with Gasteiger partial charge in [-0.1, -0.05) is 28.9 Å². The monoisotopic (exact) mass is 320 g/mol. The molecular weight excluding hydrogens is 308 g/mol. The summed E-state index contributed by atoms with van der Waals surface area (Å²) in [6.45, 7) is 0.625. The van der Waals surface area contributed by atoms with Gasteiger partial charge in [0.2, 0.25) is 0 Å². The van der Waals surface area contributed by atoms with E-state index in [0.29, 0.717) is 29.2 Å². The number of carbonyl (C=O) groups is 2. The summed E-state index contributed by atoms with van der Waals surface area (Å²) >= 11 is 5.85. The number of benzene rings is 1. The molecule has 1 saturated heterocycles. The first-order valence-corrected chi connectivity index (χ1v) is 7.16. The fraction of sp³-hybridized carbons (Fsp3) is 0.267. The maximum Gasteiger partial charge on any atom is 0.308 e. The lowest BCUT2D eigenvalue weighted by Gasteiger charge is -2.15. The average Bonchev–Trinajstić information content (AvgIpc) is 3.17. The largest absolute Gasteiger partial charge is 0.481 e. The summed E-state index contributed by atoms with van der Waals surface area (Å²) in [5.41, 5.74) is 1.48. The summed E-state index contributed by atoms with van der Waals surface area (Å²) in [6.07, 6.45) is 1.75. The van der Waals surface area contributed by atoms with Crippen LogP contribution in [0.3, 0.4) is 0 Å². The van der Waals surface area contributed by atoms with Gasteiger partial charge in [0.15, 0.2) is 0 Å². The molecule has 1 aliphatic rings. The Morgan fingerprint density at radius 1 is 1.32 bits per heavy atom. The highest BCUT2D eigenvalue weighted by atomic mass is 35.5. The minimum Gasteiger partial charge on any atom is -0.481 e. The van der Waals surface area contributed by atoms with Crippen LogP contribution in [0.2, 0.25) is 5.02 Å². The van der Waals surface area contributed by atoms with Gasteiger partial charge in [-0.2, -0.15) is 0 Å². The van der Waals surface area contributed by atoms with Crippen LogP contribution in [0.4, 0.5) is 0 Å². The molecule has 22 heavy (non-hydrogen) atoms. The van der Waals surface area contributed by atoms with Gasteiger partial charge < -0.3 is 14.5 Å². The highest BCUT2D eigenvalue weighted by Crippen LogP contribution is 2.27. The number of likely N-dealkylation sites (tertiary alicyclic amines) is 1. The van der Waals surface area contributed by atoms with Crippen LogP contribution in [0.1, 0.15) is 16.8 Å². The number of nitrogens with zero attached hydrogens (tertiary/aromatic N) is 2. The van der Waals surface area contributed by atoms with Gasteiger partial charge in [0, 0.05) is 23.7 Å². The van der Waals surface area contributed by atoms with E-state index >= 15 is 0 Å². The molecule has 1 aromatic carbocycles. The van der Waals surface area contributed by atoms with Crippen molar-refractivity contribution in [2.45, 2.75) is 6.42 Å². The fourth-order valence-electron chi connectivity index (χ4n) is 2.52. The topological polar surface area (TPSA) is 83.6 Å². The molecule has 1 fully saturated rings. The first kappa shape index (κ1) is 14.6. The second kappa shape index (κ2) is 5.81. The highest BCUT2D eigenvalue weighted by molar-refractivity contribution is 6.30. The van der Waals surface area contributed by atoms with E-state index in [1.165, 1.54) is 11.2 Å². The number of hydrogen-bond donors (Lipinski definition) is 1. The normalized spacial score (nSPS) is 17.7. The lowest BCUT2D eigenvalue weighted by atomic mass is 10.1. The summed E-state index contributed by atoms with van der Waals surface area (Å²) in [4.78, 5) is 25.1. The van der Waals surface area contributed by atoms with Crippen LogP contribution in [0.15, 0.2) is 35.1 Å². The number of hydrogen-bond acceptors (Lipinski definition) is 4. The predicted molar refractivity (Wildman–Crippen MR) is 78.6 cm³/mol. The van der Waals surface area contributed by atoms with Gasteiger partial charge in [-0.05, 0) is 18.6 Å². The fourth-order valence-corrected chi connectivity index (χ4v) is 2.65. The van der Waals surface area contributed by atoms with Gasteiger partial charge in [-0.3, -0.25) is 9.59 Å². The lowest BCUT2D eigenvalue weighted by Crippen LogP contribution is -2.30. The van der Waals surface area contributed by atoms with Gasteiger partial charge in [0.25, 0.3) is 5.91 Å². The van der Waals surface area contributed by atoms with E-state index in [4.69, 9.17) is 21.2 Å². The number of halogens is 1. The molecule has 3 rings (SSSR count). The summed E-state index contributed by atoms with van der Waals surface area (Å²) < 4.78 is 4.94. The van der Waals surface area contributed by atoms with Crippen molar-refractivity contribution in [2.24, 2.45) is 5.92 Å². The third kappa shape index (κ3) is 2.69. The van der Waals surface area contributed by atoms with E-state index in [2.05, 4.69) is 5.16 Å². The molecule has 1 N–H and O–H groups in total. The van der Waals surface area contributed by atoms with Crippen LogP contribution < -0.4 is 0 Å². The van der Waals surface area contributed by atoms with E-state index < -0.39 is 11.9 Å². The molecule has 6 nitrogen and oxygen atoms in total. The van der Waals surface area contributed by atoms with Crippen molar-refractivity contribution in [1.82, 2.24) is 10.1 Å². The third-order valence-corrected chi connectivity index (χ3v) is 3.99.